The Morgan fingerprint density at radius 1 is 1.25 bits per heavy atom. The zero-order valence-corrected chi connectivity index (χ0v) is 18.0. The van der Waals surface area contributed by atoms with E-state index in [1.54, 1.807) is 26.3 Å². The molecular weight excluding hydrogens is 411 g/mol. The van der Waals surface area contributed by atoms with E-state index in [4.69, 9.17) is 4.74 Å². The molecule has 5 rings (SSSR count). The van der Waals surface area contributed by atoms with Gasteiger partial charge in [0.05, 0.1) is 17.2 Å². The summed E-state index contributed by atoms with van der Waals surface area (Å²) in [6.45, 7) is 0. The van der Waals surface area contributed by atoms with Gasteiger partial charge in [-0.15, -0.1) is 0 Å². The summed E-state index contributed by atoms with van der Waals surface area (Å²) in [6, 6.07) is 7.12. The molecular formula is C24H25FN4O3. The lowest BCUT2D eigenvalue weighted by atomic mass is 9.77. The number of ether oxygens (including phenoxy) is 1. The minimum Gasteiger partial charge on any atom is -0.381 e. The molecule has 2 heterocycles. The van der Waals surface area contributed by atoms with Crippen molar-refractivity contribution >= 4 is 28.5 Å². The second kappa shape index (κ2) is 8.02. The topological polar surface area (TPSA) is 96.1 Å². The molecule has 3 aromatic rings. The number of methoxy groups -OCH3 is 1. The first-order chi connectivity index (χ1) is 15.5. The quantitative estimate of drug-likeness (QED) is 0.545. The summed E-state index contributed by atoms with van der Waals surface area (Å²) in [5, 5.41) is 6.03. The number of aromatic nitrogens is 2. The van der Waals surface area contributed by atoms with Crippen molar-refractivity contribution in [1.29, 1.82) is 0 Å². The molecule has 2 saturated carbocycles. The summed E-state index contributed by atoms with van der Waals surface area (Å²) in [5.41, 5.74) is 2.47. The number of amides is 2. The zero-order chi connectivity index (χ0) is 22.4. The first-order valence-electron chi connectivity index (χ1n) is 10.9. The normalized spacial score (nSPS) is 20.1. The minimum absolute atomic E-state index is 0.00688. The molecule has 166 valence electrons. The number of fused-ring (bicyclic) bond motifs is 1. The van der Waals surface area contributed by atoms with Crippen LogP contribution in [0.3, 0.4) is 0 Å². The van der Waals surface area contributed by atoms with Crippen LogP contribution < -0.4 is 10.6 Å². The van der Waals surface area contributed by atoms with E-state index in [1.165, 1.54) is 6.20 Å². The van der Waals surface area contributed by atoms with Gasteiger partial charge in [-0.05, 0) is 49.3 Å². The molecule has 1 aromatic carbocycles. The van der Waals surface area contributed by atoms with Gasteiger partial charge in [0.15, 0.2) is 5.82 Å². The summed E-state index contributed by atoms with van der Waals surface area (Å²) in [4.78, 5) is 32.2. The Balaban J connectivity index is 1.57. The average Bonchev–Trinajstić information content (AvgIpc) is 3.52. The Labute approximate surface area is 184 Å². The first kappa shape index (κ1) is 20.6. The maximum atomic E-state index is 15.5. The fourth-order valence-electron chi connectivity index (χ4n) is 4.32. The van der Waals surface area contributed by atoms with E-state index in [1.807, 2.05) is 12.1 Å². The van der Waals surface area contributed by atoms with Crippen molar-refractivity contribution in [3.05, 3.63) is 47.4 Å². The van der Waals surface area contributed by atoms with E-state index in [2.05, 4.69) is 20.6 Å². The summed E-state index contributed by atoms with van der Waals surface area (Å²) < 4.78 is 20.9. The van der Waals surface area contributed by atoms with Gasteiger partial charge in [-0.3, -0.25) is 9.59 Å². The molecule has 0 spiro atoms. The van der Waals surface area contributed by atoms with Crippen molar-refractivity contribution in [2.75, 3.05) is 19.5 Å². The Morgan fingerprint density at radius 2 is 2.03 bits per heavy atom. The number of anilines is 1. The molecule has 0 saturated heterocycles. The van der Waals surface area contributed by atoms with Gasteiger partial charge in [-0.25, -0.2) is 9.37 Å². The molecule has 0 bridgehead atoms. The maximum absolute atomic E-state index is 15.5. The van der Waals surface area contributed by atoms with Crippen molar-refractivity contribution in [3.63, 3.8) is 0 Å². The molecule has 0 aliphatic heterocycles. The lowest BCUT2D eigenvalue weighted by Crippen LogP contribution is -2.29. The van der Waals surface area contributed by atoms with Gasteiger partial charge >= 0.3 is 0 Å². The summed E-state index contributed by atoms with van der Waals surface area (Å²) >= 11 is 0. The van der Waals surface area contributed by atoms with Crippen LogP contribution in [-0.4, -0.2) is 42.0 Å². The van der Waals surface area contributed by atoms with E-state index >= 15 is 4.39 Å². The molecule has 8 heteroatoms. The highest BCUT2D eigenvalue weighted by atomic mass is 19.1. The third-order valence-electron chi connectivity index (χ3n) is 6.52. The van der Waals surface area contributed by atoms with Crippen molar-refractivity contribution in [3.8, 4) is 11.3 Å². The standard InChI is InChI=1S/C24H25FN4O3/c1-26-24(31)18-11-27-22(29-23(30)12-6-7-12)21-17(18)10-19(28-21)16-5-3-4-15(20(16)25)13-8-14(9-13)32-2/h3-5,10-14,28H,6-9H2,1-2H3,(H,26,31)(H,27,29,30). The van der Waals surface area contributed by atoms with Crippen LogP contribution >= 0.6 is 0 Å². The van der Waals surface area contributed by atoms with Gasteiger partial charge in [0.2, 0.25) is 5.91 Å². The van der Waals surface area contributed by atoms with Crippen molar-refractivity contribution in [2.24, 2.45) is 5.92 Å². The number of rotatable bonds is 6. The number of H-pyrrole nitrogens is 1. The number of nitrogens with zero attached hydrogens (tertiary/aromatic N) is 1. The van der Waals surface area contributed by atoms with Crippen LogP contribution in [0, 0.1) is 11.7 Å². The van der Waals surface area contributed by atoms with Crippen LogP contribution in [-0.2, 0) is 9.53 Å². The highest BCUT2D eigenvalue weighted by Gasteiger charge is 2.33. The Hall–Kier alpha value is -3.26. The van der Waals surface area contributed by atoms with Gasteiger partial charge in [0.25, 0.3) is 5.91 Å². The molecule has 7 nitrogen and oxygen atoms in total. The smallest absolute Gasteiger partial charge is 0.253 e. The number of pyridine rings is 1. The van der Waals surface area contributed by atoms with Crippen LogP contribution in [0.5, 0.6) is 0 Å². The highest BCUT2D eigenvalue weighted by Crippen LogP contribution is 2.42. The Bertz CT molecular complexity index is 1210. The number of nitrogens with one attached hydrogen (secondary N) is 3. The predicted octanol–water partition coefficient (Wildman–Crippen LogP) is 3.97. The van der Waals surface area contributed by atoms with Crippen LogP contribution in [0.25, 0.3) is 22.2 Å². The number of hydrogen-bond donors (Lipinski definition) is 3. The van der Waals surface area contributed by atoms with Gasteiger partial charge in [0, 0.05) is 42.9 Å². The van der Waals surface area contributed by atoms with E-state index in [0.717, 1.165) is 25.7 Å². The molecule has 2 amide bonds. The lowest BCUT2D eigenvalue weighted by Gasteiger charge is -2.34. The molecule has 32 heavy (non-hydrogen) atoms. The molecule has 2 aromatic heterocycles. The zero-order valence-electron chi connectivity index (χ0n) is 18.0. The predicted molar refractivity (Wildman–Crippen MR) is 119 cm³/mol. The second-order valence-corrected chi connectivity index (χ2v) is 8.57. The third kappa shape index (κ3) is 3.54. The van der Waals surface area contributed by atoms with Gasteiger partial charge in [-0.2, -0.15) is 0 Å². The maximum Gasteiger partial charge on any atom is 0.253 e. The van der Waals surface area contributed by atoms with Crippen molar-refractivity contribution in [2.45, 2.75) is 37.7 Å². The molecule has 0 atom stereocenters. The number of hydrogen-bond acceptors (Lipinski definition) is 4. The summed E-state index contributed by atoms with van der Waals surface area (Å²) in [6.07, 6.45) is 4.94. The molecule has 2 aliphatic rings. The lowest BCUT2D eigenvalue weighted by molar-refractivity contribution is -0.117. The average molecular weight is 436 g/mol. The molecule has 2 fully saturated rings. The monoisotopic (exact) mass is 436 g/mol. The van der Waals surface area contributed by atoms with Crippen LogP contribution in [0.4, 0.5) is 10.2 Å². The number of aromatic amines is 1. The van der Waals surface area contributed by atoms with E-state index in [9.17, 15) is 9.59 Å². The molecule has 0 radical (unpaired) electrons. The largest absolute Gasteiger partial charge is 0.381 e. The Morgan fingerprint density at radius 3 is 2.72 bits per heavy atom. The van der Waals surface area contributed by atoms with E-state index in [0.29, 0.717) is 39.1 Å². The Kier molecular flexibility index (Phi) is 5.17. The van der Waals surface area contributed by atoms with Crippen molar-refractivity contribution < 1.29 is 18.7 Å². The number of benzene rings is 1. The SMILES string of the molecule is CNC(=O)c1cnc(NC(=O)C2CC2)c2[nH]c(-c3cccc(C4CC(OC)C4)c3F)cc12. The van der Waals surface area contributed by atoms with Crippen LogP contribution in [0.2, 0.25) is 0 Å². The molecule has 2 aliphatic carbocycles. The van der Waals surface area contributed by atoms with E-state index in [-0.39, 0.29) is 35.6 Å². The van der Waals surface area contributed by atoms with Crippen LogP contribution in [0.1, 0.15) is 47.5 Å². The second-order valence-electron chi connectivity index (χ2n) is 8.57. The van der Waals surface area contributed by atoms with Gasteiger partial charge in [-0.1, -0.05) is 12.1 Å². The number of carbonyl (C=O) groups is 2. The van der Waals surface area contributed by atoms with Crippen molar-refractivity contribution in [1.82, 2.24) is 15.3 Å². The van der Waals surface area contributed by atoms with Gasteiger partial charge in [0.1, 0.15) is 5.82 Å². The molecule has 3 N–H and O–H groups in total. The van der Waals surface area contributed by atoms with Gasteiger partial charge < -0.3 is 20.4 Å². The fraction of sp³-hybridized carbons (Fsp3) is 0.375. The van der Waals surface area contributed by atoms with E-state index < -0.39 is 0 Å². The highest BCUT2D eigenvalue weighted by molar-refractivity contribution is 6.11. The number of carbonyl (C=O) groups excluding carboxylic acids is 2. The molecule has 0 unspecified atom stereocenters. The first-order valence-corrected chi connectivity index (χ1v) is 10.9. The summed E-state index contributed by atoms with van der Waals surface area (Å²) in [7, 11) is 3.22. The third-order valence-corrected chi connectivity index (χ3v) is 6.52. The summed E-state index contributed by atoms with van der Waals surface area (Å²) in [5.74, 6) is -0.199. The number of halogens is 1. The minimum atomic E-state index is -0.303. The van der Waals surface area contributed by atoms with Crippen LogP contribution in [0.15, 0.2) is 30.5 Å². The fourth-order valence-corrected chi connectivity index (χ4v) is 4.32.